The van der Waals surface area contributed by atoms with Crippen LogP contribution in [-0.2, 0) is 13.1 Å². The molecule has 0 amide bonds. The van der Waals surface area contributed by atoms with Crippen LogP contribution in [0.3, 0.4) is 0 Å². The van der Waals surface area contributed by atoms with Crippen molar-refractivity contribution in [3.05, 3.63) is 72.3 Å². The zero-order chi connectivity index (χ0) is 15.5. The molecule has 4 rings (SSSR count). The maximum atomic E-state index is 5.39. The second-order valence-electron chi connectivity index (χ2n) is 5.43. The highest BCUT2D eigenvalue weighted by Gasteiger charge is 2.12. The molecule has 0 unspecified atom stereocenters. The molecule has 0 spiro atoms. The summed E-state index contributed by atoms with van der Waals surface area (Å²) in [6.45, 7) is 1.92. The van der Waals surface area contributed by atoms with Gasteiger partial charge in [0.15, 0.2) is 11.5 Å². The Morgan fingerprint density at radius 3 is 2.57 bits per heavy atom. The number of nitrogens with one attached hydrogen (secondary N) is 1. The minimum Gasteiger partial charge on any atom is -0.454 e. The van der Waals surface area contributed by atoms with E-state index in [9.17, 15) is 0 Å². The van der Waals surface area contributed by atoms with Crippen LogP contribution in [-0.4, -0.2) is 16.3 Å². The van der Waals surface area contributed by atoms with Gasteiger partial charge in [-0.05, 0) is 35.4 Å². The highest BCUT2D eigenvalue weighted by Crippen LogP contribution is 2.32. The molecule has 1 N–H and O–H groups in total. The van der Waals surface area contributed by atoms with E-state index in [1.54, 1.807) is 12.5 Å². The summed E-state index contributed by atoms with van der Waals surface area (Å²) in [7, 11) is 0. The van der Waals surface area contributed by atoms with Crippen LogP contribution >= 0.6 is 0 Å². The fourth-order valence-electron chi connectivity index (χ4n) is 2.60. The van der Waals surface area contributed by atoms with Gasteiger partial charge in [0.05, 0.1) is 6.33 Å². The minimum atomic E-state index is 0.315. The number of imidazole rings is 1. The number of rotatable bonds is 5. The lowest BCUT2D eigenvalue weighted by molar-refractivity contribution is 0.174. The van der Waals surface area contributed by atoms with Crippen LogP contribution < -0.4 is 14.8 Å². The van der Waals surface area contributed by atoms with E-state index in [0.29, 0.717) is 6.79 Å². The number of aromatic nitrogens is 2. The van der Waals surface area contributed by atoms with E-state index in [1.165, 1.54) is 11.1 Å². The number of ether oxygens (including phenoxy) is 2. The zero-order valence-electron chi connectivity index (χ0n) is 12.6. The van der Waals surface area contributed by atoms with Gasteiger partial charge in [-0.3, -0.25) is 0 Å². The van der Waals surface area contributed by atoms with Gasteiger partial charge < -0.3 is 19.4 Å². The maximum absolute atomic E-state index is 5.39. The Bertz CT molecular complexity index is 783. The summed E-state index contributed by atoms with van der Waals surface area (Å²) < 4.78 is 12.7. The smallest absolute Gasteiger partial charge is 0.231 e. The third-order valence-corrected chi connectivity index (χ3v) is 3.83. The van der Waals surface area contributed by atoms with Crippen molar-refractivity contribution in [2.45, 2.75) is 13.1 Å². The lowest BCUT2D eigenvalue weighted by atomic mass is 10.1. The largest absolute Gasteiger partial charge is 0.454 e. The van der Waals surface area contributed by atoms with Crippen molar-refractivity contribution in [1.82, 2.24) is 14.9 Å². The van der Waals surface area contributed by atoms with Gasteiger partial charge in [-0.1, -0.05) is 18.2 Å². The molecule has 0 fully saturated rings. The average Bonchev–Trinajstić information content (AvgIpc) is 3.27. The van der Waals surface area contributed by atoms with Crippen LogP contribution in [0.1, 0.15) is 11.1 Å². The van der Waals surface area contributed by atoms with Crippen molar-refractivity contribution >= 4 is 0 Å². The summed E-state index contributed by atoms with van der Waals surface area (Å²) in [6, 6.07) is 14.5. The molecule has 0 saturated carbocycles. The Morgan fingerprint density at radius 2 is 1.74 bits per heavy atom. The third kappa shape index (κ3) is 3.05. The molecular weight excluding hydrogens is 290 g/mol. The predicted octanol–water partition coefficient (Wildman–Crippen LogP) is 2.89. The molecule has 5 heteroatoms. The molecule has 0 bridgehead atoms. The molecule has 1 aliphatic rings. The van der Waals surface area contributed by atoms with E-state index in [-0.39, 0.29) is 0 Å². The lowest BCUT2D eigenvalue weighted by Crippen LogP contribution is -2.12. The van der Waals surface area contributed by atoms with Gasteiger partial charge in [0.2, 0.25) is 6.79 Å². The summed E-state index contributed by atoms with van der Waals surface area (Å²) in [5.41, 5.74) is 3.54. The van der Waals surface area contributed by atoms with Gasteiger partial charge >= 0.3 is 0 Å². The van der Waals surface area contributed by atoms with Crippen LogP contribution in [0.25, 0.3) is 5.69 Å². The van der Waals surface area contributed by atoms with Crippen molar-refractivity contribution in [2.75, 3.05) is 6.79 Å². The molecule has 0 aliphatic carbocycles. The number of fused-ring (bicyclic) bond motifs is 1. The SMILES string of the molecule is c1cn(-c2ccc(CNCc3ccc4c(c3)OCO4)cc2)cn1. The highest BCUT2D eigenvalue weighted by atomic mass is 16.7. The van der Waals surface area contributed by atoms with E-state index in [4.69, 9.17) is 9.47 Å². The number of benzene rings is 2. The molecule has 5 nitrogen and oxygen atoms in total. The van der Waals surface area contributed by atoms with Gasteiger partial charge in [-0.25, -0.2) is 4.98 Å². The van der Waals surface area contributed by atoms with Crippen LogP contribution in [0.2, 0.25) is 0 Å². The number of nitrogens with zero attached hydrogens (tertiary/aromatic N) is 2. The molecule has 2 aromatic carbocycles. The molecule has 0 atom stereocenters. The fraction of sp³-hybridized carbons (Fsp3) is 0.167. The molecular formula is C18H17N3O2. The summed E-state index contributed by atoms with van der Waals surface area (Å²) >= 11 is 0. The monoisotopic (exact) mass is 307 g/mol. The molecule has 0 saturated heterocycles. The summed E-state index contributed by atoms with van der Waals surface area (Å²) in [4.78, 5) is 4.06. The Kier molecular flexibility index (Phi) is 3.70. The Labute approximate surface area is 134 Å². The van der Waals surface area contributed by atoms with Crippen LogP contribution in [0.15, 0.2) is 61.2 Å². The van der Waals surface area contributed by atoms with Gasteiger partial charge in [0.1, 0.15) is 0 Å². The first kappa shape index (κ1) is 13.8. The molecule has 2 heterocycles. The summed E-state index contributed by atoms with van der Waals surface area (Å²) in [5, 5.41) is 3.45. The first-order valence-electron chi connectivity index (χ1n) is 7.55. The minimum absolute atomic E-state index is 0.315. The van der Waals surface area contributed by atoms with E-state index >= 15 is 0 Å². The number of hydrogen-bond acceptors (Lipinski definition) is 4. The zero-order valence-corrected chi connectivity index (χ0v) is 12.6. The lowest BCUT2D eigenvalue weighted by Gasteiger charge is -2.07. The average molecular weight is 307 g/mol. The Balaban J connectivity index is 1.34. The molecule has 3 aromatic rings. The van der Waals surface area contributed by atoms with E-state index in [1.807, 2.05) is 22.9 Å². The normalized spacial score (nSPS) is 12.5. The molecule has 0 radical (unpaired) electrons. The second kappa shape index (κ2) is 6.14. The van der Waals surface area contributed by atoms with Gasteiger partial charge in [0, 0.05) is 31.2 Å². The van der Waals surface area contributed by atoms with Gasteiger partial charge in [-0.2, -0.15) is 0 Å². The third-order valence-electron chi connectivity index (χ3n) is 3.83. The van der Waals surface area contributed by atoms with Gasteiger partial charge in [-0.15, -0.1) is 0 Å². The first-order valence-corrected chi connectivity index (χ1v) is 7.55. The van der Waals surface area contributed by atoms with E-state index in [2.05, 4.69) is 40.6 Å². The first-order chi connectivity index (χ1) is 11.4. The van der Waals surface area contributed by atoms with Crippen LogP contribution in [0, 0.1) is 0 Å². The van der Waals surface area contributed by atoms with E-state index in [0.717, 1.165) is 30.3 Å². The highest BCUT2D eigenvalue weighted by molar-refractivity contribution is 5.44. The van der Waals surface area contributed by atoms with E-state index < -0.39 is 0 Å². The standard InChI is InChI=1S/C18H17N3O2/c1-4-16(21-8-7-19-12-21)5-2-14(1)10-20-11-15-3-6-17-18(9-15)23-13-22-17/h1-9,12,20H,10-11,13H2. The van der Waals surface area contributed by atoms with Crippen LogP contribution in [0.5, 0.6) is 11.5 Å². The van der Waals surface area contributed by atoms with Gasteiger partial charge in [0.25, 0.3) is 0 Å². The fourth-order valence-corrected chi connectivity index (χ4v) is 2.60. The van der Waals surface area contributed by atoms with Crippen molar-refractivity contribution in [3.8, 4) is 17.2 Å². The van der Waals surface area contributed by atoms with Crippen molar-refractivity contribution in [2.24, 2.45) is 0 Å². The topological polar surface area (TPSA) is 48.3 Å². The van der Waals surface area contributed by atoms with Crippen molar-refractivity contribution in [3.63, 3.8) is 0 Å². The predicted molar refractivity (Wildman–Crippen MR) is 86.7 cm³/mol. The maximum Gasteiger partial charge on any atom is 0.231 e. The number of hydrogen-bond donors (Lipinski definition) is 1. The summed E-state index contributed by atoms with van der Waals surface area (Å²) in [5.74, 6) is 1.65. The summed E-state index contributed by atoms with van der Waals surface area (Å²) in [6.07, 6.45) is 5.51. The molecule has 116 valence electrons. The molecule has 1 aromatic heterocycles. The Hall–Kier alpha value is -2.79. The van der Waals surface area contributed by atoms with Crippen LogP contribution in [0.4, 0.5) is 0 Å². The second-order valence-corrected chi connectivity index (χ2v) is 5.43. The van der Waals surface area contributed by atoms with Crippen molar-refractivity contribution < 1.29 is 9.47 Å². The molecule has 23 heavy (non-hydrogen) atoms. The van der Waals surface area contributed by atoms with Crippen molar-refractivity contribution in [1.29, 1.82) is 0 Å². The molecule has 1 aliphatic heterocycles. The quantitative estimate of drug-likeness (QED) is 0.787. The Morgan fingerprint density at radius 1 is 0.957 bits per heavy atom.